The van der Waals surface area contributed by atoms with Gasteiger partial charge in [-0.1, -0.05) is 18.4 Å². The number of unbranched alkanes of at least 4 members (excludes halogenated alkanes) is 1. The van der Waals surface area contributed by atoms with Crippen LogP contribution in [0.25, 0.3) is 0 Å². The van der Waals surface area contributed by atoms with E-state index in [1.54, 1.807) is 0 Å². The second kappa shape index (κ2) is 9.84. The van der Waals surface area contributed by atoms with Crippen LogP contribution in [0.1, 0.15) is 24.0 Å². The second-order valence-electron chi connectivity index (χ2n) is 5.32. The van der Waals surface area contributed by atoms with Gasteiger partial charge in [-0.25, -0.2) is 4.79 Å². The molecule has 2 rings (SSSR count). The lowest BCUT2D eigenvalue weighted by Crippen LogP contribution is -2.04. The molecule has 0 aliphatic rings. The molecule has 0 fully saturated rings. The first-order chi connectivity index (χ1) is 12.2. The summed E-state index contributed by atoms with van der Waals surface area (Å²) in [4.78, 5) is 10.9. The highest BCUT2D eigenvalue weighted by atomic mass is 16.5. The minimum Gasteiger partial charge on any atom is -0.494 e. The van der Waals surface area contributed by atoms with Crippen LogP contribution in [-0.2, 0) is 9.53 Å². The smallest absolute Gasteiger partial charge is 0.330 e. The van der Waals surface area contributed by atoms with Gasteiger partial charge < -0.3 is 15.2 Å². The van der Waals surface area contributed by atoms with Crippen molar-refractivity contribution in [3.63, 3.8) is 0 Å². The molecule has 0 saturated heterocycles. The van der Waals surface area contributed by atoms with E-state index in [1.807, 2.05) is 48.5 Å². The van der Waals surface area contributed by atoms with Crippen LogP contribution < -0.4 is 10.5 Å². The number of hydrogen-bond donors (Lipinski definition) is 1. The molecule has 25 heavy (non-hydrogen) atoms. The number of hydrogen-bond acceptors (Lipinski definition) is 4. The summed E-state index contributed by atoms with van der Waals surface area (Å²) in [5, 5.41) is 0. The summed E-state index contributed by atoms with van der Waals surface area (Å²) in [5.74, 6) is 6.60. The number of nitrogens with two attached hydrogens (primary N) is 1. The number of benzene rings is 2. The molecule has 2 aromatic carbocycles. The third-order valence-electron chi connectivity index (χ3n) is 3.33. The summed E-state index contributed by atoms with van der Waals surface area (Å²) in [5.41, 5.74) is 8.22. The first-order valence-electron chi connectivity index (χ1n) is 8.07. The summed E-state index contributed by atoms with van der Waals surface area (Å²) < 4.78 is 10.5. The Morgan fingerprint density at radius 3 is 2.12 bits per heavy atom. The molecule has 0 atom stereocenters. The summed E-state index contributed by atoms with van der Waals surface area (Å²) in [7, 11) is 0. The molecule has 4 nitrogen and oxygen atoms in total. The zero-order valence-electron chi connectivity index (χ0n) is 14.0. The van der Waals surface area contributed by atoms with Crippen molar-refractivity contribution in [2.24, 2.45) is 0 Å². The Bertz CT molecular complexity index is 752. The normalized spacial score (nSPS) is 9.60. The van der Waals surface area contributed by atoms with Gasteiger partial charge in [0, 0.05) is 22.9 Å². The van der Waals surface area contributed by atoms with Crippen LogP contribution in [-0.4, -0.2) is 19.2 Å². The molecule has 0 aliphatic carbocycles. The minimum absolute atomic E-state index is 0.383. The Kier molecular flexibility index (Phi) is 7.14. The Morgan fingerprint density at radius 1 is 0.960 bits per heavy atom. The van der Waals surface area contributed by atoms with Crippen LogP contribution in [0.4, 0.5) is 5.69 Å². The van der Waals surface area contributed by atoms with E-state index in [-0.39, 0.29) is 0 Å². The molecular formula is C21H21NO3. The maximum Gasteiger partial charge on any atom is 0.330 e. The predicted octanol–water partition coefficient (Wildman–Crippen LogP) is 3.56. The van der Waals surface area contributed by atoms with E-state index in [4.69, 9.17) is 15.2 Å². The van der Waals surface area contributed by atoms with Gasteiger partial charge in [-0.3, -0.25) is 0 Å². The molecule has 0 aromatic heterocycles. The Hall–Kier alpha value is -3.19. The molecule has 0 heterocycles. The van der Waals surface area contributed by atoms with E-state index < -0.39 is 5.97 Å². The average Bonchev–Trinajstić information content (AvgIpc) is 2.64. The molecule has 0 saturated carbocycles. The second-order valence-corrected chi connectivity index (χ2v) is 5.32. The first kappa shape index (κ1) is 18.2. The fourth-order valence-electron chi connectivity index (χ4n) is 1.97. The predicted molar refractivity (Wildman–Crippen MR) is 99.2 cm³/mol. The van der Waals surface area contributed by atoms with E-state index >= 15 is 0 Å². The summed E-state index contributed by atoms with van der Waals surface area (Å²) in [6.45, 7) is 4.30. The number of anilines is 1. The lowest BCUT2D eigenvalue weighted by Gasteiger charge is -2.06. The van der Waals surface area contributed by atoms with Gasteiger partial charge in [0.1, 0.15) is 5.75 Å². The standard InChI is InChI=1S/C21H21NO3/c1-2-21(23)25-16-4-3-15-24-20-13-9-18(10-14-20)6-5-17-7-11-19(22)12-8-17/h2,7-14H,1,3-4,15-16,22H2. The lowest BCUT2D eigenvalue weighted by atomic mass is 10.1. The van der Waals surface area contributed by atoms with Crippen molar-refractivity contribution in [3.05, 3.63) is 72.3 Å². The Balaban J connectivity index is 1.74. The Morgan fingerprint density at radius 2 is 1.52 bits per heavy atom. The topological polar surface area (TPSA) is 61.5 Å². The minimum atomic E-state index is -0.392. The number of esters is 1. The van der Waals surface area contributed by atoms with Crippen LogP contribution in [0.3, 0.4) is 0 Å². The monoisotopic (exact) mass is 335 g/mol. The molecule has 0 amide bonds. The van der Waals surface area contributed by atoms with Gasteiger partial charge in [-0.15, -0.1) is 0 Å². The SMILES string of the molecule is C=CC(=O)OCCCCOc1ccc(C#Cc2ccc(N)cc2)cc1. The van der Waals surface area contributed by atoms with E-state index in [0.717, 1.165) is 41.5 Å². The molecule has 2 aromatic rings. The third kappa shape index (κ3) is 6.84. The van der Waals surface area contributed by atoms with Crippen molar-refractivity contribution >= 4 is 11.7 Å². The zero-order valence-corrected chi connectivity index (χ0v) is 14.0. The molecule has 128 valence electrons. The van der Waals surface area contributed by atoms with Crippen molar-refractivity contribution in [1.29, 1.82) is 0 Å². The van der Waals surface area contributed by atoms with Crippen molar-refractivity contribution in [1.82, 2.24) is 0 Å². The molecule has 0 spiro atoms. The maximum absolute atomic E-state index is 10.9. The number of rotatable bonds is 7. The summed E-state index contributed by atoms with van der Waals surface area (Å²) >= 11 is 0. The maximum atomic E-state index is 10.9. The first-order valence-corrected chi connectivity index (χ1v) is 8.07. The van der Waals surface area contributed by atoms with Gasteiger partial charge in [-0.05, 0) is 61.4 Å². The van der Waals surface area contributed by atoms with E-state index in [9.17, 15) is 4.79 Å². The van der Waals surface area contributed by atoms with Crippen molar-refractivity contribution < 1.29 is 14.3 Å². The Labute approximate surface area is 148 Å². The van der Waals surface area contributed by atoms with Gasteiger partial charge >= 0.3 is 5.97 Å². The van der Waals surface area contributed by atoms with Gasteiger partial charge in [0.15, 0.2) is 0 Å². The highest BCUT2D eigenvalue weighted by Crippen LogP contribution is 2.12. The molecule has 0 bridgehead atoms. The molecule has 0 aliphatic heterocycles. The van der Waals surface area contributed by atoms with Crippen LogP contribution in [0.15, 0.2) is 61.2 Å². The fourth-order valence-corrected chi connectivity index (χ4v) is 1.97. The van der Waals surface area contributed by atoms with Crippen molar-refractivity contribution in [2.45, 2.75) is 12.8 Å². The van der Waals surface area contributed by atoms with Gasteiger partial charge in [0.05, 0.1) is 13.2 Å². The van der Waals surface area contributed by atoms with E-state index in [1.165, 1.54) is 0 Å². The van der Waals surface area contributed by atoms with Crippen molar-refractivity contribution in [2.75, 3.05) is 18.9 Å². The molecule has 2 N–H and O–H groups in total. The zero-order chi connectivity index (χ0) is 17.9. The quantitative estimate of drug-likeness (QED) is 0.276. The average molecular weight is 335 g/mol. The van der Waals surface area contributed by atoms with Crippen molar-refractivity contribution in [3.8, 4) is 17.6 Å². The van der Waals surface area contributed by atoms with Crippen LogP contribution in [0.2, 0.25) is 0 Å². The van der Waals surface area contributed by atoms with Gasteiger partial charge in [0.25, 0.3) is 0 Å². The van der Waals surface area contributed by atoms with Crippen LogP contribution in [0, 0.1) is 11.8 Å². The number of carbonyl (C=O) groups is 1. The lowest BCUT2D eigenvalue weighted by molar-refractivity contribution is -0.137. The largest absolute Gasteiger partial charge is 0.494 e. The van der Waals surface area contributed by atoms with Gasteiger partial charge in [-0.2, -0.15) is 0 Å². The van der Waals surface area contributed by atoms with Gasteiger partial charge in [0.2, 0.25) is 0 Å². The molecule has 0 radical (unpaired) electrons. The molecule has 4 heteroatoms. The van der Waals surface area contributed by atoms with Crippen LogP contribution >= 0.6 is 0 Å². The number of nitrogen functional groups attached to an aromatic ring is 1. The summed E-state index contributed by atoms with van der Waals surface area (Å²) in [6, 6.07) is 15.1. The fraction of sp³-hybridized carbons (Fsp3) is 0.190. The highest BCUT2D eigenvalue weighted by Gasteiger charge is 1.97. The van der Waals surface area contributed by atoms with E-state index in [0.29, 0.717) is 13.2 Å². The highest BCUT2D eigenvalue weighted by molar-refractivity contribution is 5.81. The number of carbonyl (C=O) groups excluding carboxylic acids is 1. The third-order valence-corrected chi connectivity index (χ3v) is 3.33. The molecular weight excluding hydrogens is 314 g/mol. The molecule has 0 unspecified atom stereocenters. The van der Waals surface area contributed by atoms with Crippen LogP contribution in [0.5, 0.6) is 5.75 Å². The summed E-state index contributed by atoms with van der Waals surface area (Å²) in [6.07, 6.45) is 2.72. The number of ether oxygens (including phenoxy) is 2. The van der Waals surface area contributed by atoms with E-state index in [2.05, 4.69) is 18.4 Å².